The van der Waals surface area contributed by atoms with Gasteiger partial charge in [0.25, 0.3) is 5.91 Å². The van der Waals surface area contributed by atoms with Crippen LogP contribution in [0.1, 0.15) is 16.7 Å². The number of ether oxygens (including phenoxy) is 2. The van der Waals surface area contributed by atoms with Crippen molar-refractivity contribution in [2.24, 2.45) is 0 Å². The third-order valence-corrected chi connectivity index (χ3v) is 4.45. The summed E-state index contributed by atoms with van der Waals surface area (Å²) in [6.45, 7) is 3.25. The van der Waals surface area contributed by atoms with Crippen LogP contribution in [-0.4, -0.2) is 19.6 Å². The Hall–Kier alpha value is -3.31. The number of benzene rings is 3. The van der Waals surface area contributed by atoms with Crippen molar-refractivity contribution in [2.75, 3.05) is 19.0 Å². The van der Waals surface area contributed by atoms with Crippen molar-refractivity contribution in [3.63, 3.8) is 0 Å². The standard InChI is InChI=1S/C24H26N2O3/c1-18-11-13-21(14-12-18)26-23(27)17-29-24-20(9-6-10-22(24)28-2)16-25-15-19-7-4-3-5-8-19/h3-14,25H,15-17H2,1-2H3,(H,26,27). The summed E-state index contributed by atoms with van der Waals surface area (Å²) in [6.07, 6.45) is 0. The highest BCUT2D eigenvalue weighted by atomic mass is 16.5. The average Bonchev–Trinajstić information content (AvgIpc) is 2.75. The third kappa shape index (κ3) is 6.09. The lowest BCUT2D eigenvalue weighted by atomic mass is 10.1. The molecule has 0 saturated carbocycles. The van der Waals surface area contributed by atoms with Gasteiger partial charge in [-0.3, -0.25) is 4.79 Å². The van der Waals surface area contributed by atoms with E-state index in [1.807, 2.05) is 67.6 Å². The van der Waals surface area contributed by atoms with Crippen molar-refractivity contribution in [3.05, 3.63) is 89.5 Å². The van der Waals surface area contributed by atoms with E-state index in [-0.39, 0.29) is 12.5 Å². The van der Waals surface area contributed by atoms with E-state index in [9.17, 15) is 4.79 Å². The van der Waals surface area contributed by atoms with Crippen molar-refractivity contribution >= 4 is 11.6 Å². The van der Waals surface area contributed by atoms with E-state index >= 15 is 0 Å². The van der Waals surface area contributed by atoms with E-state index < -0.39 is 0 Å². The van der Waals surface area contributed by atoms with E-state index in [1.165, 1.54) is 5.56 Å². The SMILES string of the molecule is COc1cccc(CNCc2ccccc2)c1OCC(=O)Nc1ccc(C)cc1. The molecule has 0 bridgehead atoms. The molecule has 3 rings (SSSR count). The van der Waals surface area contributed by atoms with E-state index in [1.54, 1.807) is 7.11 Å². The largest absolute Gasteiger partial charge is 0.493 e. The minimum Gasteiger partial charge on any atom is -0.493 e. The first-order valence-electron chi connectivity index (χ1n) is 9.55. The van der Waals surface area contributed by atoms with Crippen LogP contribution in [0.3, 0.4) is 0 Å². The molecular weight excluding hydrogens is 364 g/mol. The molecule has 3 aromatic rings. The summed E-state index contributed by atoms with van der Waals surface area (Å²) in [5, 5.41) is 6.25. The molecule has 0 aliphatic heterocycles. The van der Waals surface area contributed by atoms with E-state index in [4.69, 9.17) is 9.47 Å². The molecule has 0 atom stereocenters. The quantitative estimate of drug-likeness (QED) is 0.572. The van der Waals surface area contributed by atoms with Crippen molar-refractivity contribution in [2.45, 2.75) is 20.0 Å². The number of hydrogen-bond donors (Lipinski definition) is 2. The average molecular weight is 390 g/mol. The van der Waals surface area contributed by atoms with Crippen LogP contribution in [0.4, 0.5) is 5.69 Å². The normalized spacial score (nSPS) is 10.4. The molecule has 1 amide bonds. The molecule has 0 saturated heterocycles. The fourth-order valence-corrected chi connectivity index (χ4v) is 2.93. The Bertz CT molecular complexity index is 925. The Morgan fingerprint density at radius 3 is 2.38 bits per heavy atom. The fraction of sp³-hybridized carbons (Fsp3) is 0.208. The van der Waals surface area contributed by atoms with Gasteiger partial charge < -0.3 is 20.1 Å². The number of aryl methyl sites for hydroxylation is 1. The van der Waals surface area contributed by atoms with Crippen molar-refractivity contribution in [3.8, 4) is 11.5 Å². The number of amides is 1. The lowest BCUT2D eigenvalue weighted by molar-refractivity contribution is -0.118. The minimum atomic E-state index is -0.219. The summed E-state index contributed by atoms with van der Waals surface area (Å²) >= 11 is 0. The Labute approximate surface area is 171 Å². The predicted octanol–water partition coefficient (Wildman–Crippen LogP) is 4.31. The van der Waals surface area contributed by atoms with Crippen LogP contribution >= 0.6 is 0 Å². The second-order valence-electron chi connectivity index (χ2n) is 6.74. The van der Waals surface area contributed by atoms with Crippen molar-refractivity contribution in [1.29, 1.82) is 0 Å². The van der Waals surface area contributed by atoms with Crippen molar-refractivity contribution < 1.29 is 14.3 Å². The van der Waals surface area contributed by atoms with Gasteiger partial charge in [-0.1, -0.05) is 60.2 Å². The van der Waals surface area contributed by atoms with Gasteiger partial charge in [-0.15, -0.1) is 0 Å². The van der Waals surface area contributed by atoms with Gasteiger partial charge in [-0.05, 0) is 30.7 Å². The number of methoxy groups -OCH3 is 1. The number of nitrogens with one attached hydrogen (secondary N) is 2. The van der Waals surface area contributed by atoms with Gasteiger partial charge in [0.1, 0.15) is 0 Å². The van der Waals surface area contributed by atoms with Crippen LogP contribution in [0.25, 0.3) is 0 Å². The van der Waals surface area contributed by atoms with Gasteiger partial charge in [-0.25, -0.2) is 0 Å². The zero-order valence-corrected chi connectivity index (χ0v) is 16.8. The summed E-state index contributed by atoms with van der Waals surface area (Å²) in [5.41, 5.74) is 4.02. The first-order valence-corrected chi connectivity index (χ1v) is 9.55. The topological polar surface area (TPSA) is 59.6 Å². The summed E-state index contributed by atoms with van der Waals surface area (Å²) in [7, 11) is 1.59. The van der Waals surface area contributed by atoms with Gasteiger partial charge in [0.2, 0.25) is 0 Å². The molecule has 5 nitrogen and oxygen atoms in total. The van der Waals surface area contributed by atoms with Gasteiger partial charge in [0, 0.05) is 24.3 Å². The molecule has 150 valence electrons. The van der Waals surface area contributed by atoms with Crippen LogP contribution in [0.2, 0.25) is 0 Å². The lowest BCUT2D eigenvalue weighted by Crippen LogP contribution is -2.21. The maximum Gasteiger partial charge on any atom is 0.262 e. The van der Waals surface area contributed by atoms with E-state index in [2.05, 4.69) is 22.8 Å². The highest BCUT2D eigenvalue weighted by molar-refractivity contribution is 5.91. The highest BCUT2D eigenvalue weighted by Crippen LogP contribution is 2.31. The predicted molar refractivity (Wildman–Crippen MR) is 115 cm³/mol. The second-order valence-corrected chi connectivity index (χ2v) is 6.74. The van der Waals surface area contributed by atoms with Crippen LogP contribution < -0.4 is 20.1 Å². The van der Waals surface area contributed by atoms with Crippen LogP contribution in [0, 0.1) is 6.92 Å². The molecule has 0 aromatic heterocycles. The van der Waals surface area contributed by atoms with Gasteiger partial charge >= 0.3 is 0 Å². The first-order chi connectivity index (χ1) is 14.2. The van der Waals surface area contributed by atoms with Gasteiger partial charge in [0.15, 0.2) is 18.1 Å². The molecule has 5 heteroatoms. The summed E-state index contributed by atoms with van der Waals surface area (Å²) in [6, 6.07) is 23.5. The molecule has 3 aromatic carbocycles. The van der Waals surface area contributed by atoms with Crippen LogP contribution in [-0.2, 0) is 17.9 Å². The molecule has 0 spiro atoms. The second kappa shape index (κ2) is 10.3. The molecule has 0 heterocycles. The Morgan fingerprint density at radius 1 is 0.897 bits per heavy atom. The van der Waals surface area contributed by atoms with Crippen LogP contribution in [0.5, 0.6) is 11.5 Å². The Balaban J connectivity index is 1.61. The summed E-state index contributed by atoms with van der Waals surface area (Å²) in [5.74, 6) is 0.963. The van der Waals surface area contributed by atoms with E-state index in [0.717, 1.165) is 23.4 Å². The number of carbonyl (C=O) groups is 1. The number of hydrogen-bond acceptors (Lipinski definition) is 4. The molecule has 0 fully saturated rings. The zero-order valence-electron chi connectivity index (χ0n) is 16.8. The molecule has 0 unspecified atom stereocenters. The number of para-hydroxylation sites is 1. The maximum absolute atomic E-state index is 12.3. The smallest absolute Gasteiger partial charge is 0.262 e. The Morgan fingerprint density at radius 2 is 1.66 bits per heavy atom. The molecule has 29 heavy (non-hydrogen) atoms. The Kier molecular flexibility index (Phi) is 7.25. The number of carbonyl (C=O) groups excluding carboxylic acids is 1. The zero-order chi connectivity index (χ0) is 20.5. The molecule has 0 radical (unpaired) electrons. The van der Waals surface area contributed by atoms with Gasteiger partial charge in [-0.2, -0.15) is 0 Å². The highest BCUT2D eigenvalue weighted by Gasteiger charge is 2.13. The monoisotopic (exact) mass is 390 g/mol. The van der Waals surface area contributed by atoms with Gasteiger partial charge in [0.05, 0.1) is 7.11 Å². The van der Waals surface area contributed by atoms with Crippen LogP contribution in [0.15, 0.2) is 72.8 Å². The lowest BCUT2D eigenvalue weighted by Gasteiger charge is -2.15. The molecule has 0 aliphatic carbocycles. The maximum atomic E-state index is 12.3. The fourth-order valence-electron chi connectivity index (χ4n) is 2.93. The van der Waals surface area contributed by atoms with E-state index in [0.29, 0.717) is 18.0 Å². The summed E-state index contributed by atoms with van der Waals surface area (Å²) < 4.78 is 11.3. The number of rotatable bonds is 9. The first kappa shape index (κ1) is 20.4. The molecular formula is C24H26N2O3. The van der Waals surface area contributed by atoms with Crippen molar-refractivity contribution in [1.82, 2.24) is 5.32 Å². The third-order valence-electron chi connectivity index (χ3n) is 4.45. The minimum absolute atomic E-state index is 0.0973. The summed E-state index contributed by atoms with van der Waals surface area (Å²) in [4.78, 5) is 12.3. The molecule has 2 N–H and O–H groups in total. The number of anilines is 1. The molecule has 0 aliphatic rings.